The first-order valence-corrected chi connectivity index (χ1v) is 18.5. The fourth-order valence-electron chi connectivity index (χ4n) is 5.89. The van der Waals surface area contributed by atoms with Crippen LogP contribution in [-0.4, -0.2) is 28.7 Å². The van der Waals surface area contributed by atoms with Crippen molar-refractivity contribution in [1.29, 1.82) is 0 Å². The molecule has 10 nitrogen and oxygen atoms in total. The predicted octanol–water partition coefficient (Wildman–Crippen LogP) is 8.77. The van der Waals surface area contributed by atoms with E-state index in [1.165, 1.54) is 17.2 Å². The second kappa shape index (κ2) is 17.7. The van der Waals surface area contributed by atoms with Crippen molar-refractivity contribution >= 4 is 32.9 Å². The summed E-state index contributed by atoms with van der Waals surface area (Å²) in [7, 11) is 0. The number of fused-ring (bicyclic) bond motifs is 2. The van der Waals surface area contributed by atoms with Gasteiger partial charge in [-0.25, -0.2) is 9.97 Å². The van der Waals surface area contributed by atoms with E-state index < -0.39 is 0 Å². The number of benzene rings is 2. The van der Waals surface area contributed by atoms with Gasteiger partial charge in [-0.05, 0) is 102 Å². The molecule has 6 aromatic heterocycles. The number of rotatable bonds is 6. The summed E-state index contributed by atoms with van der Waals surface area (Å²) in [6.45, 7) is 7.99. The zero-order valence-electron chi connectivity index (χ0n) is 31.0. The number of nitrogens with two attached hydrogens (primary N) is 1. The predicted molar refractivity (Wildman–Crippen MR) is 224 cm³/mol. The third-order valence-electron chi connectivity index (χ3n) is 8.70. The van der Waals surface area contributed by atoms with Gasteiger partial charge >= 0.3 is 0 Å². The number of nitrogens with zero attached hydrogens (tertiary/aromatic N) is 6. The highest BCUT2D eigenvalue weighted by Crippen LogP contribution is 2.25. The van der Waals surface area contributed by atoms with E-state index in [0.717, 1.165) is 32.4 Å². The molecule has 0 amide bonds. The average molecular weight is 794 g/mol. The highest BCUT2D eigenvalue weighted by atomic mass is 79.9. The molecule has 2 atom stereocenters. The van der Waals surface area contributed by atoms with E-state index >= 15 is 0 Å². The van der Waals surface area contributed by atoms with Crippen molar-refractivity contribution in [2.75, 3.05) is 5.32 Å². The van der Waals surface area contributed by atoms with Crippen molar-refractivity contribution in [2.45, 2.75) is 39.8 Å². The first-order valence-electron chi connectivity index (χ1n) is 17.7. The molecule has 0 fully saturated rings. The van der Waals surface area contributed by atoms with Crippen LogP contribution in [-0.2, 0) is 0 Å². The Morgan fingerprint density at radius 2 is 1.07 bits per heavy atom. The molecule has 3 N–H and O–H groups in total. The largest absolute Gasteiger partial charge is 0.376 e. The van der Waals surface area contributed by atoms with Crippen molar-refractivity contribution in [2.24, 2.45) is 5.73 Å². The Kier molecular flexibility index (Phi) is 12.4. The van der Waals surface area contributed by atoms with Gasteiger partial charge in [0.25, 0.3) is 11.1 Å². The summed E-state index contributed by atoms with van der Waals surface area (Å²) < 4.78 is 3.95. The van der Waals surface area contributed by atoms with Gasteiger partial charge in [0.1, 0.15) is 0 Å². The molecule has 0 radical (unpaired) electrons. The van der Waals surface area contributed by atoms with Gasteiger partial charge in [-0.2, -0.15) is 0 Å². The number of hydrogen-bond acceptors (Lipinski definition) is 8. The molecular weight excluding hydrogens is 752 g/mol. The Balaban J connectivity index is 0.000000159. The fourth-order valence-corrected chi connectivity index (χ4v) is 6.53. The molecule has 6 heterocycles. The van der Waals surface area contributed by atoms with Crippen LogP contribution in [0.5, 0.6) is 0 Å². The summed E-state index contributed by atoms with van der Waals surface area (Å²) in [5.41, 5.74) is 14.9. The molecule has 0 unspecified atom stereocenters. The van der Waals surface area contributed by atoms with E-state index in [1.807, 2.05) is 112 Å². The topological polar surface area (TPSA) is 133 Å². The SMILES string of the molecule is C[C@@H](N)c1ccccc1.Cc1cc(Br)c2nc(-c3ccncc3)cc(=O)n2c1.Cc1cc(N[C@H](C)c2ccccc2)c2nc(-c3ccncc3)cc(=O)n2c1. The van der Waals surface area contributed by atoms with Crippen LogP contribution in [0.25, 0.3) is 33.8 Å². The minimum absolute atomic E-state index is 0.0817. The Morgan fingerprint density at radius 3 is 1.56 bits per heavy atom. The van der Waals surface area contributed by atoms with Crippen molar-refractivity contribution in [3.05, 3.63) is 194 Å². The normalized spacial score (nSPS) is 11.8. The van der Waals surface area contributed by atoms with Crippen LogP contribution in [0, 0.1) is 13.8 Å². The molecule has 2 aromatic carbocycles. The van der Waals surface area contributed by atoms with Crippen LogP contribution < -0.4 is 22.2 Å². The monoisotopic (exact) mass is 792 g/mol. The van der Waals surface area contributed by atoms with Crippen LogP contribution in [0.4, 0.5) is 5.69 Å². The number of pyridine rings is 4. The lowest BCUT2D eigenvalue weighted by Crippen LogP contribution is -2.17. The molecule has 276 valence electrons. The van der Waals surface area contributed by atoms with E-state index in [0.29, 0.717) is 22.7 Å². The van der Waals surface area contributed by atoms with E-state index in [2.05, 4.69) is 55.3 Å². The second-order valence-corrected chi connectivity index (χ2v) is 13.9. The molecule has 55 heavy (non-hydrogen) atoms. The smallest absolute Gasteiger partial charge is 0.258 e. The Bertz CT molecular complexity index is 2630. The quantitative estimate of drug-likeness (QED) is 0.171. The number of halogens is 1. The van der Waals surface area contributed by atoms with Gasteiger partial charge in [0.15, 0.2) is 11.3 Å². The van der Waals surface area contributed by atoms with Crippen molar-refractivity contribution in [1.82, 2.24) is 28.7 Å². The Hall–Kier alpha value is -6.30. The van der Waals surface area contributed by atoms with Gasteiger partial charge in [0, 0.05) is 72.5 Å². The lowest BCUT2D eigenvalue weighted by molar-refractivity contribution is 0.818. The van der Waals surface area contributed by atoms with Crippen molar-refractivity contribution < 1.29 is 0 Å². The minimum Gasteiger partial charge on any atom is -0.376 e. The maximum Gasteiger partial charge on any atom is 0.258 e. The number of aromatic nitrogens is 6. The van der Waals surface area contributed by atoms with Crippen LogP contribution in [0.1, 0.15) is 48.2 Å². The second-order valence-electron chi connectivity index (χ2n) is 13.1. The molecule has 8 aromatic rings. The maximum atomic E-state index is 12.7. The molecule has 11 heteroatoms. The third kappa shape index (κ3) is 9.63. The van der Waals surface area contributed by atoms with Gasteiger partial charge in [0.2, 0.25) is 0 Å². The summed E-state index contributed by atoms with van der Waals surface area (Å²) in [5, 5.41) is 3.51. The standard InChI is InChI=1S/C22H20N4O.C14H10BrN3O.C8H11N/c1-15-12-20(24-16(2)17-6-4-3-5-7-17)22-25-19(13-21(27)26(22)14-15)18-8-10-23-11-9-18;1-9-6-11(15)14-17-12(7-13(19)18(14)8-9)10-2-4-16-5-3-10;1-7(9)8-5-3-2-4-6-8/h3-14,16,24H,1-2H3;2-8H,1H3;2-7H,9H2,1H3/t16-;;7-/m1.1/s1. The molecule has 0 saturated carbocycles. The van der Waals surface area contributed by atoms with Gasteiger partial charge in [0.05, 0.1) is 21.5 Å². The van der Waals surface area contributed by atoms with Crippen LogP contribution in [0.3, 0.4) is 0 Å². The highest BCUT2D eigenvalue weighted by molar-refractivity contribution is 9.10. The molecule has 0 aliphatic carbocycles. The highest BCUT2D eigenvalue weighted by Gasteiger charge is 2.13. The molecular formula is C44H41BrN8O2. The van der Waals surface area contributed by atoms with E-state index in [4.69, 9.17) is 10.7 Å². The van der Waals surface area contributed by atoms with Gasteiger partial charge in [-0.15, -0.1) is 0 Å². The summed E-state index contributed by atoms with van der Waals surface area (Å²) in [6.07, 6.45) is 10.4. The fraction of sp³-hybridized carbons (Fsp3) is 0.136. The lowest BCUT2D eigenvalue weighted by atomic mass is 10.1. The third-order valence-corrected chi connectivity index (χ3v) is 9.28. The van der Waals surface area contributed by atoms with Crippen molar-refractivity contribution in [3.8, 4) is 22.5 Å². The number of aryl methyl sites for hydroxylation is 2. The summed E-state index contributed by atoms with van der Waals surface area (Å²) >= 11 is 3.45. The molecule has 8 rings (SSSR count). The summed E-state index contributed by atoms with van der Waals surface area (Å²) in [5.74, 6) is 0. The Morgan fingerprint density at radius 1 is 0.618 bits per heavy atom. The first-order chi connectivity index (χ1) is 26.6. The maximum absolute atomic E-state index is 12.7. The van der Waals surface area contributed by atoms with Gasteiger partial charge < -0.3 is 11.1 Å². The Labute approximate surface area is 327 Å². The number of nitrogens with one attached hydrogen (secondary N) is 1. The van der Waals surface area contributed by atoms with Crippen LogP contribution in [0.15, 0.2) is 160 Å². The summed E-state index contributed by atoms with van der Waals surface area (Å²) in [6, 6.07) is 34.9. The zero-order valence-corrected chi connectivity index (χ0v) is 32.6. The molecule has 0 bridgehead atoms. The average Bonchev–Trinajstić information content (AvgIpc) is 3.20. The van der Waals surface area contributed by atoms with Crippen LogP contribution >= 0.6 is 15.9 Å². The van der Waals surface area contributed by atoms with Gasteiger partial charge in [-0.1, -0.05) is 60.7 Å². The minimum atomic E-state index is -0.106. The van der Waals surface area contributed by atoms with E-state index in [-0.39, 0.29) is 23.2 Å². The number of hydrogen-bond donors (Lipinski definition) is 2. The molecule has 0 aliphatic rings. The van der Waals surface area contributed by atoms with E-state index in [9.17, 15) is 9.59 Å². The molecule has 0 spiro atoms. The summed E-state index contributed by atoms with van der Waals surface area (Å²) in [4.78, 5) is 42.2. The zero-order chi connectivity index (χ0) is 38.9. The van der Waals surface area contributed by atoms with Crippen LogP contribution in [0.2, 0.25) is 0 Å². The lowest BCUT2D eigenvalue weighted by Gasteiger charge is -2.18. The molecule has 0 aliphatic heterocycles. The number of anilines is 1. The first kappa shape index (κ1) is 38.4. The van der Waals surface area contributed by atoms with Gasteiger partial charge in [-0.3, -0.25) is 28.4 Å². The van der Waals surface area contributed by atoms with Crippen molar-refractivity contribution in [3.63, 3.8) is 0 Å². The van der Waals surface area contributed by atoms with E-state index in [1.54, 1.807) is 45.9 Å². The molecule has 0 saturated heterocycles.